The number of hydrogen-bond donors (Lipinski definition) is 1. The van der Waals surface area contributed by atoms with Crippen LogP contribution in [0.1, 0.15) is 5.56 Å². The van der Waals surface area contributed by atoms with Crippen molar-refractivity contribution in [2.75, 3.05) is 5.32 Å². The van der Waals surface area contributed by atoms with E-state index < -0.39 is 0 Å². The van der Waals surface area contributed by atoms with Gasteiger partial charge < -0.3 is 5.32 Å². The largest absolute Gasteiger partial charge is 0.381 e. The van der Waals surface area contributed by atoms with Gasteiger partial charge in [-0.1, -0.05) is 18.2 Å². The molecule has 1 radical (unpaired) electrons. The van der Waals surface area contributed by atoms with E-state index in [9.17, 15) is 0 Å². The molecule has 2 aromatic rings. The molecule has 1 aromatic heterocycles. The lowest BCUT2D eigenvalue weighted by molar-refractivity contribution is 1.11. The maximum absolute atomic E-state index is 4.05. The molecular weight excluding hydrogens is 172 g/mol. The van der Waals surface area contributed by atoms with Crippen LogP contribution in [-0.2, 0) is 6.54 Å². The monoisotopic (exact) mass is 183 g/mol. The number of rotatable bonds is 3. The highest BCUT2D eigenvalue weighted by Gasteiger charge is 1.91. The molecule has 0 unspecified atom stereocenters. The molecular formula is C12H11N2. The first kappa shape index (κ1) is 8.75. The van der Waals surface area contributed by atoms with Gasteiger partial charge in [-0.25, -0.2) is 0 Å². The lowest BCUT2D eigenvalue weighted by atomic mass is 10.2. The standard InChI is InChI=1S/C12H11N2/c1-2-6-12(7-3-1)14-10-11-5-4-8-13-9-11/h2-9,14H,10H2. The topological polar surface area (TPSA) is 24.9 Å². The van der Waals surface area contributed by atoms with Crippen molar-refractivity contribution in [3.63, 3.8) is 0 Å². The highest BCUT2D eigenvalue weighted by Crippen LogP contribution is 2.06. The molecule has 1 aromatic carbocycles. The summed E-state index contributed by atoms with van der Waals surface area (Å²) in [6.07, 6.45) is 3.64. The molecule has 0 spiro atoms. The minimum atomic E-state index is 0.803. The van der Waals surface area contributed by atoms with Crippen molar-refractivity contribution < 1.29 is 0 Å². The molecule has 0 atom stereocenters. The fraction of sp³-hybridized carbons (Fsp3) is 0.0833. The Morgan fingerprint density at radius 3 is 2.79 bits per heavy atom. The third-order valence-corrected chi connectivity index (χ3v) is 1.94. The summed E-state index contributed by atoms with van der Waals surface area (Å²) in [5.74, 6) is 0. The minimum Gasteiger partial charge on any atom is -0.381 e. The molecule has 0 aliphatic rings. The van der Waals surface area contributed by atoms with Gasteiger partial charge in [-0.05, 0) is 29.8 Å². The summed E-state index contributed by atoms with van der Waals surface area (Å²) >= 11 is 0. The molecule has 0 bridgehead atoms. The van der Waals surface area contributed by atoms with E-state index in [2.05, 4.69) is 22.4 Å². The Hall–Kier alpha value is -1.83. The number of hydrogen-bond acceptors (Lipinski definition) is 2. The molecule has 0 aliphatic heterocycles. The van der Waals surface area contributed by atoms with Gasteiger partial charge in [0.1, 0.15) is 0 Å². The molecule has 2 rings (SSSR count). The summed E-state index contributed by atoms with van der Waals surface area (Å²) in [6, 6.07) is 14.8. The van der Waals surface area contributed by atoms with Crippen LogP contribution in [0.3, 0.4) is 0 Å². The van der Waals surface area contributed by atoms with Crippen LogP contribution in [0, 0.1) is 6.07 Å². The first-order chi connectivity index (χ1) is 6.95. The number of benzene rings is 1. The van der Waals surface area contributed by atoms with Crippen LogP contribution in [0.2, 0.25) is 0 Å². The van der Waals surface area contributed by atoms with Gasteiger partial charge in [0.05, 0.1) is 0 Å². The Labute approximate surface area is 83.6 Å². The zero-order chi connectivity index (χ0) is 9.64. The molecule has 1 heterocycles. The summed E-state index contributed by atoms with van der Waals surface area (Å²) < 4.78 is 0. The highest BCUT2D eigenvalue weighted by atomic mass is 14.9. The maximum Gasteiger partial charge on any atom is 0.0416 e. The van der Waals surface area contributed by atoms with Gasteiger partial charge in [0, 0.05) is 24.6 Å². The number of aromatic nitrogens is 1. The third kappa shape index (κ3) is 2.33. The Balaban J connectivity index is 1.96. The van der Waals surface area contributed by atoms with Crippen LogP contribution in [0.25, 0.3) is 0 Å². The van der Waals surface area contributed by atoms with Crippen molar-refractivity contribution in [3.05, 3.63) is 60.4 Å². The van der Waals surface area contributed by atoms with Crippen LogP contribution >= 0.6 is 0 Å². The molecule has 0 aliphatic carbocycles. The van der Waals surface area contributed by atoms with Gasteiger partial charge in [-0.15, -0.1) is 0 Å². The van der Waals surface area contributed by atoms with E-state index in [0.717, 1.165) is 12.2 Å². The maximum atomic E-state index is 4.05. The summed E-state index contributed by atoms with van der Waals surface area (Å²) in [7, 11) is 0. The smallest absolute Gasteiger partial charge is 0.0416 e. The average molecular weight is 183 g/mol. The van der Waals surface area contributed by atoms with Gasteiger partial charge in [0.2, 0.25) is 0 Å². The van der Waals surface area contributed by atoms with Crippen molar-refractivity contribution >= 4 is 5.69 Å². The SMILES string of the molecule is [c]1ccc(NCc2cccnc2)cc1. The highest BCUT2D eigenvalue weighted by molar-refractivity contribution is 5.42. The third-order valence-electron chi connectivity index (χ3n) is 1.94. The summed E-state index contributed by atoms with van der Waals surface area (Å²) in [4.78, 5) is 4.05. The van der Waals surface area contributed by atoms with Crippen molar-refractivity contribution in [1.82, 2.24) is 4.98 Å². The van der Waals surface area contributed by atoms with Crippen LogP contribution in [-0.4, -0.2) is 4.98 Å². The zero-order valence-electron chi connectivity index (χ0n) is 7.77. The second-order valence-corrected chi connectivity index (χ2v) is 3.00. The van der Waals surface area contributed by atoms with E-state index in [1.54, 1.807) is 6.20 Å². The summed E-state index contributed by atoms with van der Waals surface area (Å²) in [5.41, 5.74) is 2.29. The van der Waals surface area contributed by atoms with Gasteiger partial charge in [0.25, 0.3) is 0 Å². The van der Waals surface area contributed by atoms with Crippen molar-refractivity contribution in [3.8, 4) is 0 Å². The molecule has 0 saturated carbocycles. The molecule has 1 N–H and O–H groups in total. The van der Waals surface area contributed by atoms with Crippen LogP contribution in [0.4, 0.5) is 5.69 Å². The predicted molar refractivity (Wildman–Crippen MR) is 56.8 cm³/mol. The molecule has 2 nitrogen and oxygen atoms in total. The second kappa shape index (κ2) is 4.42. The van der Waals surface area contributed by atoms with Gasteiger partial charge >= 0.3 is 0 Å². The van der Waals surface area contributed by atoms with E-state index in [4.69, 9.17) is 0 Å². The van der Waals surface area contributed by atoms with Crippen LogP contribution in [0.5, 0.6) is 0 Å². The molecule has 69 valence electrons. The molecule has 0 saturated heterocycles. The molecule has 2 heteroatoms. The molecule has 14 heavy (non-hydrogen) atoms. The van der Waals surface area contributed by atoms with E-state index >= 15 is 0 Å². The Morgan fingerprint density at radius 2 is 2.07 bits per heavy atom. The van der Waals surface area contributed by atoms with Crippen LogP contribution in [0.15, 0.2) is 48.8 Å². The lowest BCUT2D eigenvalue weighted by Gasteiger charge is -2.04. The number of anilines is 1. The Morgan fingerprint density at radius 1 is 1.21 bits per heavy atom. The first-order valence-electron chi connectivity index (χ1n) is 4.54. The molecule has 0 fully saturated rings. The lowest BCUT2D eigenvalue weighted by Crippen LogP contribution is -1.98. The van der Waals surface area contributed by atoms with Crippen molar-refractivity contribution in [1.29, 1.82) is 0 Å². The summed E-state index contributed by atoms with van der Waals surface area (Å²) in [6.45, 7) is 0.803. The summed E-state index contributed by atoms with van der Waals surface area (Å²) in [5, 5.41) is 3.30. The van der Waals surface area contributed by atoms with Gasteiger partial charge in [0.15, 0.2) is 0 Å². The van der Waals surface area contributed by atoms with E-state index in [1.807, 2.05) is 36.5 Å². The fourth-order valence-electron chi connectivity index (χ4n) is 1.21. The molecule has 0 amide bonds. The Bertz CT molecular complexity index is 331. The fourth-order valence-corrected chi connectivity index (χ4v) is 1.21. The Kier molecular flexibility index (Phi) is 2.76. The van der Waals surface area contributed by atoms with E-state index in [1.165, 1.54) is 5.56 Å². The predicted octanol–water partition coefficient (Wildman–Crippen LogP) is 2.49. The normalized spacial score (nSPS) is 9.71. The quantitative estimate of drug-likeness (QED) is 0.790. The van der Waals surface area contributed by atoms with Gasteiger partial charge in [-0.2, -0.15) is 0 Å². The zero-order valence-corrected chi connectivity index (χ0v) is 7.77. The van der Waals surface area contributed by atoms with Crippen molar-refractivity contribution in [2.45, 2.75) is 6.54 Å². The number of nitrogens with zero attached hydrogens (tertiary/aromatic N) is 1. The van der Waals surface area contributed by atoms with E-state index in [0.29, 0.717) is 0 Å². The second-order valence-electron chi connectivity index (χ2n) is 3.00. The van der Waals surface area contributed by atoms with Crippen molar-refractivity contribution in [2.24, 2.45) is 0 Å². The average Bonchev–Trinajstić information content (AvgIpc) is 2.29. The first-order valence-corrected chi connectivity index (χ1v) is 4.54. The number of nitrogens with one attached hydrogen (secondary N) is 1. The number of pyridine rings is 1. The van der Waals surface area contributed by atoms with Crippen LogP contribution < -0.4 is 5.32 Å². The minimum absolute atomic E-state index is 0.803. The van der Waals surface area contributed by atoms with Gasteiger partial charge in [-0.3, -0.25) is 4.98 Å². The van der Waals surface area contributed by atoms with E-state index in [-0.39, 0.29) is 0 Å².